The second-order valence-corrected chi connectivity index (χ2v) is 6.15. The van der Waals surface area contributed by atoms with Gasteiger partial charge in [-0.3, -0.25) is 0 Å². The molecule has 0 radical (unpaired) electrons. The molecule has 3 heteroatoms. The van der Waals surface area contributed by atoms with Crippen LogP contribution in [0.3, 0.4) is 0 Å². The van der Waals surface area contributed by atoms with Crippen LogP contribution in [0.4, 0.5) is 0 Å². The molecule has 1 aromatic heterocycles. The Bertz CT molecular complexity index is 539. The number of aryl methyl sites for hydroxylation is 2. The number of rotatable bonds is 5. The molecule has 0 N–H and O–H groups in total. The average Bonchev–Trinajstić information content (AvgIpc) is 2.98. The van der Waals surface area contributed by atoms with Crippen LogP contribution in [-0.4, -0.2) is 34.6 Å². The summed E-state index contributed by atoms with van der Waals surface area (Å²) >= 11 is 0. The molecule has 0 saturated carbocycles. The van der Waals surface area contributed by atoms with E-state index in [9.17, 15) is 0 Å². The van der Waals surface area contributed by atoms with E-state index in [-0.39, 0.29) is 0 Å². The number of aromatic nitrogens is 2. The van der Waals surface area contributed by atoms with Crippen molar-refractivity contribution in [2.24, 2.45) is 0 Å². The lowest BCUT2D eigenvalue weighted by molar-refractivity contribution is 0.248. The maximum atomic E-state index is 4.63. The zero-order chi connectivity index (χ0) is 14.5. The van der Waals surface area contributed by atoms with Gasteiger partial charge in [0.25, 0.3) is 0 Å². The summed E-state index contributed by atoms with van der Waals surface area (Å²) in [5.74, 6) is 1.95. The molecule has 0 amide bonds. The van der Waals surface area contributed by atoms with E-state index in [1.807, 2.05) is 6.20 Å². The highest BCUT2D eigenvalue weighted by Gasteiger charge is 2.21. The molecule has 21 heavy (non-hydrogen) atoms. The highest BCUT2D eigenvalue weighted by molar-refractivity contribution is 5.14. The summed E-state index contributed by atoms with van der Waals surface area (Å²) in [4.78, 5) is 7.05. The van der Waals surface area contributed by atoms with E-state index in [0.29, 0.717) is 5.92 Å². The molecule has 1 fully saturated rings. The molecule has 0 spiro atoms. The van der Waals surface area contributed by atoms with Crippen LogP contribution >= 0.6 is 0 Å². The van der Waals surface area contributed by atoms with E-state index in [1.54, 1.807) is 0 Å². The molecule has 1 aliphatic rings. The number of likely N-dealkylation sites (tertiary alicyclic amines) is 1. The highest BCUT2D eigenvalue weighted by Crippen LogP contribution is 2.26. The number of imidazole rings is 1. The molecule has 112 valence electrons. The van der Waals surface area contributed by atoms with Gasteiger partial charge >= 0.3 is 0 Å². The Morgan fingerprint density at radius 1 is 1.14 bits per heavy atom. The first kappa shape index (κ1) is 14.3. The van der Waals surface area contributed by atoms with Gasteiger partial charge in [-0.05, 0) is 51.4 Å². The summed E-state index contributed by atoms with van der Waals surface area (Å²) in [7, 11) is 2.21. The van der Waals surface area contributed by atoms with Crippen molar-refractivity contribution in [3.63, 3.8) is 0 Å². The lowest BCUT2D eigenvalue weighted by Gasteiger charge is -2.28. The topological polar surface area (TPSA) is 21.1 Å². The first-order chi connectivity index (χ1) is 10.3. The smallest absolute Gasteiger partial charge is 0.111 e. The quantitative estimate of drug-likeness (QED) is 0.839. The van der Waals surface area contributed by atoms with E-state index in [1.165, 1.54) is 43.7 Å². The van der Waals surface area contributed by atoms with E-state index < -0.39 is 0 Å². The molecule has 0 aliphatic carbocycles. The molecule has 1 aromatic carbocycles. The maximum absolute atomic E-state index is 4.63. The van der Waals surface area contributed by atoms with Gasteiger partial charge in [0.1, 0.15) is 5.82 Å². The average molecular weight is 283 g/mol. The van der Waals surface area contributed by atoms with Crippen LogP contribution in [0, 0.1) is 0 Å². The Morgan fingerprint density at radius 3 is 2.67 bits per heavy atom. The third kappa shape index (κ3) is 3.73. The molecule has 3 rings (SSSR count). The molecular formula is C18H25N3. The van der Waals surface area contributed by atoms with Crippen molar-refractivity contribution in [2.75, 3.05) is 20.1 Å². The van der Waals surface area contributed by atoms with Crippen LogP contribution < -0.4 is 0 Å². The Balaban J connectivity index is 1.55. The fourth-order valence-corrected chi connectivity index (χ4v) is 3.23. The first-order valence-corrected chi connectivity index (χ1v) is 8.06. The van der Waals surface area contributed by atoms with Gasteiger partial charge in [-0.1, -0.05) is 30.3 Å². The normalized spacial score (nSPS) is 17.2. The van der Waals surface area contributed by atoms with Gasteiger partial charge in [0.15, 0.2) is 0 Å². The summed E-state index contributed by atoms with van der Waals surface area (Å²) in [6.07, 6.45) is 8.93. The Labute approximate surface area is 127 Å². The van der Waals surface area contributed by atoms with Crippen molar-refractivity contribution in [1.29, 1.82) is 0 Å². The molecule has 0 unspecified atom stereocenters. The molecular weight excluding hydrogens is 258 g/mol. The van der Waals surface area contributed by atoms with Crippen LogP contribution in [0.1, 0.15) is 36.6 Å². The van der Waals surface area contributed by atoms with Gasteiger partial charge in [0.2, 0.25) is 0 Å². The van der Waals surface area contributed by atoms with Crippen molar-refractivity contribution in [3.8, 4) is 0 Å². The zero-order valence-corrected chi connectivity index (χ0v) is 12.9. The molecule has 1 saturated heterocycles. The second kappa shape index (κ2) is 6.90. The summed E-state index contributed by atoms with van der Waals surface area (Å²) in [5.41, 5.74) is 1.43. The fraction of sp³-hybridized carbons (Fsp3) is 0.500. The minimum absolute atomic E-state index is 0.646. The van der Waals surface area contributed by atoms with Crippen molar-refractivity contribution < 1.29 is 0 Å². The monoisotopic (exact) mass is 283 g/mol. The van der Waals surface area contributed by atoms with Crippen LogP contribution in [0.15, 0.2) is 42.7 Å². The predicted octanol–water partition coefficient (Wildman–Crippen LogP) is 3.33. The van der Waals surface area contributed by atoms with Crippen LogP contribution in [0.25, 0.3) is 0 Å². The van der Waals surface area contributed by atoms with E-state index in [0.717, 1.165) is 13.0 Å². The zero-order valence-electron chi connectivity index (χ0n) is 12.9. The van der Waals surface area contributed by atoms with Gasteiger partial charge in [-0.2, -0.15) is 0 Å². The maximum Gasteiger partial charge on any atom is 0.111 e. The van der Waals surface area contributed by atoms with Gasteiger partial charge in [-0.15, -0.1) is 0 Å². The lowest BCUT2D eigenvalue weighted by atomic mass is 9.96. The molecule has 3 nitrogen and oxygen atoms in total. The number of nitrogens with zero attached hydrogens (tertiary/aromatic N) is 3. The van der Waals surface area contributed by atoms with Crippen molar-refractivity contribution in [1.82, 2.24) is 14.5 Å². The molecule has 1 aliphatic heterocycles. The first-order valence-electron chi connectivity index (χ1n) is 8.06. The standard InChI is InChI=1S/C18H25N3/c1-20-13-9-17(10-14-20)18-19-11-15-21(18)12-5-8-16-6-3-2-4-7-16/h2-4,6-7,11,15,17H,5,8-10,12-14H2,1H3. The summed E-state index contributed by atoms with van der Waals surface area (Å²) in [5, 5.41) is 0. The van der Waals surface area contributed by atoms with Gasteiger partial charge in [0.05, 0.1) is 0 Å². The molecule has 0 atom stereocenters. The van der Waals surface area contributed by atoms with Gasteiger partial charge < -0.3 is 9.47 Å². The van der Waals surface area contributed by atoms with Crippen molar-refractivity contribution in [3.05, 3.63) is 54.1 Å². The Kier molecular flexibility index (Phi) is 4.71. The number of hydrogen-bond acceptors (Lipinski definition) is 2. The molecule has 2 heterocycles. The van der Waals surface area contributed by atoms with Gasteiger partial charge in [-0.25, -0.2) is 4.98 Å². The summed E-state index contributed by atoms with van der Waals surface area (Å²) < 4.78 is 2.37. The van der Waals surface area contributed by atoms with Crippen LogP contribution in [0.5, 0.6) is 0 Å². The molecule has 0 bridgehead atoms. The number of hydrogen-bond donors (Lipinski definition) is 0. The third-order valence-electron chi connectivity index (χ3n) is 4.54. The lowest BCUT2D eigenvalue weighted by Crippen LogP contribution is -2.30. The van der Waals surface area contributed by atoms with E-state index >= 15 is 0 Å². The third-order valence-corrected chi connectivity index (χ3v) is 4.54. The Morgan fingerprint density at radius 2 is 1.90 bits per heavy atom. The minimum Gasteiger partial charge on any atom is -0.335 e. The van der Waals surface area contributed by atoms with Crippen LogP contribution in [-0.2, 0) is 13.0 Å². The highest BCUT2D eigenvalue weighted by atomic mass is 15.1. The number of piperidine rings is 1. The SMILES string of the molecule is CN1CCC(c2nccn2CCCc2ccccc2)CC1. The largest absolute Gasteiger partial charge is 0.335 e. The van der Waals surface area contributed by atoms with Gasteiger partial charge in [0, 0.05) is 24.9 Å². The summed E-state index contributed by atoms with van der Waals surface area (Å²) in [6.45, 7) is 3.47. The predicted molar refractivity (Wildman–Crippen MR) is 86.5 cm³/mol. The van der Waals surface area contributed by atoms with Crippen molar-refractivity contribution >= 4 is 0 Å². The fourth-order valence-electron chi connectivity index (χ4n) is 3.23. The minimum atomic E-state index is 0.646. The Hall–Kier alpha value is -1.61. The molecule has 2 aromatic rings. The van der Waals surface area contributed by atoms with Crippen molar-refractivity contribution in [2.45, 2.75) is 38.1 Å². The van der Waals surface area contributed by atoms with E-state index in [4.69, 9.17) is 0 Å². The van der Waals surface area contributed by atoms with E-state index in [2.05, 4.69) is 58.0 Å². The van der Waals surface area contributed by atoms with Crippen LogP contribution in [0.2, 0.25) is 0 Å². The second-order valence-electron chi connectivity index (χ2n) is 6.15. The number of benzene rings is 1. The summed E-state index contributed by atoms with van der Waals surface area (Å²) in [6, 6.07) is 10.8.